The molecule has 1 aliphatic heterocycles. The van der Waals surface area contributed by atoms with Crippen molar-refractivity contribution in [3.05, 3.63) is 64.7 Å². The minimum absolute atomic E-state index is 0.00677. The molecule has 4 rings (SSSR count). The van der Waals surface area contributed by atoms with E-state index in [0.29, 0.717) is 35.9 Å². The van der Waals surface area contributed by atoms with E-state index in [4.69, 9.17) is 11.6 Å². The third kappa shape index (κ3) is 5.88. The van der Waals surface area contributed by atoms with Crippen molar-refractivity contribution in [2.75, 3.05) is 39.0 Å². The Bertz CT molecular complexity index is 1270. The maximum Gasteiger partial charge on any atom is 0.457 e. The fraction of sp³-hybridized carbons (Fsp3) is 0.517. The van der Waals surface area contributed by atoms with E-state index >= 15 is 0 Å². The molecule has 6 nitrogen and oxygen atoms in total. The normalized spacial score (nSPS) is 19.9. The number of amides is 2. The predicted octanol–water partition coefficient (Wildman–Crippen LogP) is 5.95. The van der Waals surface area contributed by atoms with Crippen LogP contribution in [0.5, 0.6) is 0 Å². The summed E-state index contributed by atoms with van der Waals surface area (Å²) in [5, 5.41) is 14.4. The number of alkyl halides is 5. The van der Waals surface area contributed by atoms with Crippen LogP contribution in [-0.2, 0) is 10.4 Å². The van der Waals surface area contributed by atoms with Crippen molar-refractivity contribution in [3.8, 4) is 0 Å². The Balaban J connectivity index is 1.31. The van der Waals surface area contributed by atoms with Crippen LogP contribution in [0.3, 0.4) is 0 Å². The monoisotopic (exact) mass is 601 g/mol. The molecule has 41 heavy (non-hydrogen) atoms. The lowest BCUT2D eigenvalue weighted by molar-refractivity contribution is -0.339. The Labute approximate surface area is 240 Å². The van der Waals surface area contributed by atoms with Gasteiger partial charge in [0, 0.05) is 39.4 Å². The highest BCUT2D eigenvalue weighted by molar-refractivity contribution is 6.34. The molecule has 0 bridgehead atoms. The summed E-state index contributed by atoms with van der Waals surface area (Å²) in [5.41, 5.74) is -3.75. The molecule has 2 aromatic carbocycles. The van der Waals surface area contributed by atoms with Crippen molar-refractivity contribution < 1.29 is 36.6 Å². The largest absolute Gasteiger partial charge is 0.457 e. The topological polar surface area (TPSA) is 72.9 Å². The van der Waals surface area contributed by atoms with Crippen molar-refractivity contribution >= 4 is 29.1 Å². The fourth-order valence-electron chi connectivity index (χ4n) is 5.78. The molecule has 1 unspecified atom stereocenters. The lowest BCUT2D eigenvalue weighted by Gasteiger charge is -2.41. The Morgan fingerprint density at radius 3 is 2.27 bits per heavy atom. The van der Waals surface area contributed by atoms with E-state index in [1.165, 1.54) is 23.1 Å². The number of carbonyl (C=O) groups excluding carboxylic acids is 2. The highest BCUT2D eigenvalue weighted by atomic mass is 35.5. The SMILES string of the molecule is CN(C)C(=O)c1ccc(NCCC[C@H]2CC23CCN(C(=O)C(O)(c2ccccc2)C(F)(F)C(F)(F)F)CC3)cc1Cl. The minimum Gasteiger partial charge on any atom is -0.385 e. The number of nitrogens with zero attached hydrogens (tertiary/aromatic N) is 2. The number of piperidine rings is 1. The van der Waals surface area contributed by atoms with Crippen LogP contribution < -0.4 is 5.32 Å². The van der Waals surface area contributed by atoms with E-state index in [9.17, 15) is 36.6 Å². The van der Waals surface area contributed by atoms with Crippen LogP contribution in [0, 0.1) is 11.3 Å². The molecule has 1 saturated carbocycles. The fourth-order valence-corrected chi connectivity index (χ4v) is 6.04. The van der Waals surface area contributed by atoms with E-state index in [-0.39, 0.29) is 24.4 Å². The lowest BCUT2D eigenvalue weighted by Crippen LogP contribution is -2.63. The van der Waals surface area contributed by atoms with Crippen molar-refractivity contribution in [2.24, 2.45) is 11.3 Å². The zero-order valence-electron chi connectivity index (χ0n) is 22.8. The maximum atomic E-state index is 14.6. The maximum absolute atomic E-state index is 14.6. The van der Waals surface area contributed by atoms with Crippen LogP contribution in [0.4, 0.5) is 27.6 Å². The summed E-state index contributed by atoms with van der Waals surface area (Å²) in [7, 11) is 3.29. The zero-order chi connectivity index (χ0) is 30.2. The second kappa shape index (κ2) is 11.4. The summed E-state index contributed by atoms with van der Waals surface area (Å²) in [4.78, 5) is 27.7. The number of halogens is 6. The Morgan fingerprint density at radius 1 is 1.07 bits per heavy atom. The molecule has 2 N–H and O–H groups in total. The van der Waals surface area contributed by atoms with Gasteiger partial charge >= 0.3 is 12.1 Å². The summed E-state index contributed by atoms with van der Waals surface area (Å²) < 4.78 is 69.4. The van der Waals surface area contributed by atoms with Gasteiger partial charge in [0.2, 0.25) is 5.60 Å². The van der Waals surface area contributed by atoms with Crippen molar-refractivity contribution in [1.29, 1.82) is 0 Å². The van der Waals surface area contributed by atoms with Gasteiger partial charge in [-0.05, 0) is 67.2 Å². The van der Waals surface area contributed by atoms with Gasteiger partial charge in [0.05, 0.1) is 10.6 Å². The van der Waals surface area contributed by atoms with Gasteiger partial charge in [-0.1, -0.05) is 41.9 Å². The van der Waals surface area contributed by atoms with Crippen LogP contribution >= 0.6 is 11.6 Å². The second-order valence-electron chi connectivity index (χ2n) is 11.2. The predicted molar refractivity (Wildman–Crippen MR) is 145 cm³/mol. The zero-order valence-corrected chi connectivity index (χ0v) is 23.5. The number of carbonyl (C=O) groups is 2. The lowest BCUT2D eigenvalue weighted by atomic mass is 9.83. The molecule has 0 radical (unpaired) electrons. The van der Waals surface area contributed by atoms with Crippen LogP contribution in [0.2, 0.25) is 5.02 Å². The van der Waals surface area contributed by atoms with Crippen LogP contribution in [-0.4, -0.2) is 72.5 Å². The van der Waals surface area contributed by atoms with Gasteiger partial charge in [-0.3, -0.25) is 9.59 Å². The third-order valence-corrected chi connectivity index (χ3v) is 8.69. The second-order valence-corrected chi connectivity index (χ2v) is 11.6. The van der Waals surface area contributed by atoms with Crippen molar-refractivity contribution in [2.45, 2.75) is 49.8 Å². The van der Waals surface area contributed by atoms with Crippen LogP contribution in [0.15, 0.2) is 48.5 Å². The molecule has 2 aromatic rings. The molecule has 1 spiro atoms. The molecule has 1 heterocycles. The highest BCUT2D eigenvalue weighted by Crippen LogP contribution is 2.61. The van der Waals surface area contributed by atoms with Gasteiger partial charge < -0.3 is 20.2 Å². The van der Waals surface area contributed by atoms with Gasteiger partial charge in [0.1, 0.15) is 0 Å². The Morgan fingerprint density at radius 2 is 1.71 bits per heavy atom. The molecular weight excluding hydrogens is 569 g/mol. The number of hydrogen-bond acceptors (Lipinski definition) is 4. The first-order valence-electron chi connectivity index (χ1n) is 13.4. The number of aliphatic hydroxyl groups is 1. The van der Waals surface area contributed by atoms with E-state index in [1.807, 2.05) is 0 Å². The average molecular weight is 602 g/mol. The first-order chi connectivity index (χ1) is 19.1. The molecule has 224 valence electrons. The van der Waals surface area contributed by atoms with Gasteiger partial charge in [0.25, 0.3) is 11.8 Å². The molecule has 2 amide bonds. The Hall–Kier alpha value is -2.92. The summed E-state index contributed by atoms with van der Waals surface area (Å²) >= 11 is 6.25. The number of hydrogen-bond donors (Lipinski definition) is 2. The Kier molecular flexibility index (Phi) is 8.62. The van der Waals surface area contributed by atoms with Crippen molar-refractivity contribution in [3.63, 3.8) is 0 Å². The molecular formula is C29H33ClF5N3O3. The number of likely N-dealkylation sites (tertiary alicyclic amines) is 1. The number of nitrogens with one attached hydrogen (secondary N) is 1. The molecule has 0 aromatic heterocycles. The summed E-state index contributed by atoms with van der Waals surface area (Å²) in [6, 6.07) is 10.7. The third-order valence-electron chi connectivity index (χ3n) is 8.38. The quantitative estimate of drug-likeness (QED) is 0.275. The van der Waals surface area contributed by atoms with E-state index < -0.39 is 29.2 Å². The smallest absolute Gasteiger partial charge is 0.385 e. The number of benzene rings is 2. The summed E-state index contributed by atoms with van der Waals surface area (Å²) in [6.45, 7) is 0.644. The van der Waals surface area contributed by atoms with Crippen LogP contribution in [0.1, 0.15) is 48.0 Å². The van der Waals surface area contributed by atoms with Crippen molar-refractivity contribution in [1.82, 2.24) is 9.80 Å². The summed E-state index contributed by atoms with van der Waals surface area (Å²) in [5.74, 6) is -7.16. The standard InChI is InChI=1S/C29H33ClF5N3O3/c1-37(2)24(39)22-11-10-21(17-23(22)30)36-14-6-9-20-18-26(20)12-15-38(16-13-26)25(40)27(41,19-7-4-3-5-8-19)28(31,32)29(33,34)35/h3-5,7-8,10-11,17,20,36,41H,6,9,12-16,18H2,1-2H3/t20-,27?/m0/s1. The van der Waals surface area contributed by atoms with E-state index in [2.05, 4.69) is 5.32 Å². The first-order valence-corrected chi connectivity index (χ1v) is 13.8. The number of rotatable bonds is 9. The molecule has 1 saturated heterocycles. The van der Waals surface area contributed by atoms with E-state index in [1.54, 1.807) is 32.3 Å². The molecule has 2 fully saturated rings. The van der Waals surface area contributed by atoms with Gasteiger partial charge in [0.15, 0.2) is 0 Å². The molecule has 2 atom stereocenters. The minimum atomic E-state index is -6.13. The summed E-state index contributed by atoms with van der Waals surface area (Å²) in [6.07, 6.45) is -2.59. The molecule has 12 heteroatoms. The van der Waals surface area contributed by atoms with Gasteiger partial charge in [-0.2, -0.15) is 22.0 Å². The van der Waals surface area contributed by atoms with E-state index in [0.717, 1.165) is 42.0 Å². The van der Waals surface area contributed by atoms with Crippen LogP contribution in [0.25, 0.3) is 0 Å². The number of anilines is 1. The molecule has 1 aliphatic carbocycles. The van der Waals surface area contributed by atoms with Gasteiger partial charge in [-0.25, -0.2) is 0 Å². The average Bonchev–Trinajstić information content (AvgIpc) is 3.60. The molecule has 2 aliphatic rings. The highest BCUT2D eigenvalue weighted by Gasteiger charge is 2.74. The first kappa shape index (κ1) is 31.0. The van der Waals surface area contributed by atoms with Gasteiger partial charge in [-0.15, -0.1) is 0 Å².